The number of pyridine rings is 1. The maximum absolute atomic E-state index is 12.2. The van der Waals surface area contributed by atoms with E-state index >= 15 is 0 Å². The van der Waals surface area contributed by atoms with E-state index < -0.39 is 5.60 Å². The van der Waals surface area contributed by atoms with E-state index in [9.17, 15) is 4.79 Å². The molecule has 0 N–H and O–H groups in total. The van der Waals surface area contributed by atoms with Crippen molar-refractivity contribution in [3.8, 4) is 0 Å². The van der Waals surface area contributed by atoms with E-state index in [0.29, 0.717) is 12.0 Å². The number of aromatic nitrogens is 1. The van der Waals surface area contributed by atoms with Crippen LogP contribution in [0.5, 0.6) is 0 Å². The van der Waals surface area contributed by atoms with Crippen LogP contribution in [-0.4, -0.2) is 47.3 Å². The largest absolute Gasteiger partial charge is 0.444 e. The molecule has 1 amide bonds. The Morgan fingerprint density at radius 3 is 2.81 bits per heavy atom. The molecule has 21 heavy (non-hydrogen) atoms. The minimum atomic E-state index is -0.440. The van der Waals surface area contributed by atoms with E-state index in [4.69, 9.17) is 4.74 Å². The molecule has 1 aromatic rings. The Morgan fingerprint density at radius 1 is 1.38 bits per heavy atom. The van der Waals surface area contributed by atoms with Gasteiger partial charge in [-0.3, -0.25) is 0 Å². The Hall–Kier alpha value is -1.30. The molecule has 0 bridgehead atoms. The van der Waals surface area contributed by atoms with Gasteiger partial charge >= 0.3 is 6.09 Å². The topological polar surface area (TPSA) is 45.7 Å². The number of hydrogen-bond donors (Lipinski definition) is 0. The maximum Gasteiger partial charge on any atom is 0.410 e. The molecule has 0 aromatic carbocycles. The van der Waals surface area contributed by atoms with Crippen molar-refractivity contribution in [3.63, 3.8) is 0 Å². The van der Waals surface area contributed by atoms with Crippen molar-refractivity contribution in [1.82, 2.24) is 9.88 Å². The lowest BCUT2D eigenvalue weighted by molar-refractivity contribution is 0.0291. The fraction of sp³-hybridized carbons (Fsp3) is 0.600. The van der Waals surface area contributed by atoms with Crippen LogP contribution in [0.3, 0.4) is 0 Å². The molecular formula is C15H20BrN3O2. The molecule has 0 radical (unpaired) electrons. The van der Waals surface area contributed by atoms with Crippen LogP contribution in [0.25, 0.3) is 0 Å². The average molecular weight is 354 g/mol. The number of anilines is 1. The summed E-state index contributed by atoms with van der Waals surface area (Å²) in [5, 5.41) is 0. The zero-order valence-electron chi connectivity index (χ0n) is 12.5. The average Bonchev–Trinajstić information content (AvgIpc) is 2.68. The minimum absolute atomic E-state index is 0.206. The van der Waals surface area contributed by atoms with Gasteiger partial charge in [0.05, 0.1) is 11.7 Å². The van der Waals surface area contributed by atoms with Gasteiger partial charge in [0.1, 0.15) is 10.2 Å². The zero-order chi connectivity index (χ0) is 15.2. The number of hydrogen-bond acceptors (Lipinski definition) is 4. The normalized spacial score (nSPS) is 24.6. The summed E-state index contributed by atoms with van der Waals surface area (Å²) in [5.41, 5.74) is 0.662. The Balaban J connectivity index is 1.66. The number of halogens is 1. The molecule has 1 aromatic heterocycles. The Kier molecular flexibility index (Phi) is 3.59. The SMILES string of the molecule is CC(C)(C)OC(=O)N1C[C@@H]2CN(c3cccnc3Br)[C@@H]2C1. The van der Waals surface area contributed by atoms with E-state index in [1.807, 2.05) is 31.7 Å². The molecule has 6 heteroatoms. The lowest BCUT2D eigenvalue weighted by Crippen LogP contribution is -2.56. The van der Waals surface area contributed by atoms with E-state index in [-0.39, 0.29) is 6.09 Å². The maximum atomic E-state index is 12.2. The Bertz CT molecular complexity index is 558. The first kappa shape index (κ1) is 14.6. The summed E-state index contributed by atoms with van der Waals surface area (Å²) in [6.45, 7) is 8.17. The van der Waals surface area contributed by atoms with Crippen molar-refractivity contribution in [2.24, 2.45) is 5.92 Å². The first-order chi connectivity index (χ1) is 9.85. The number of likely N-dealkylation sites (tertiary alicyclic amines) is 1. The lowest BCUT2D eigenvalue weighted by atomic mass is 9.91. The number of rotatable bonds is 1. The highest BCUT2D eigenvalue weighted by molar-refractivity contribution is 9.10. The molecule has 3 heterocycles. The molecule has 114 valence electrons. The number of fused-ring (bicyclic) bond motifs is 1. The summed E-state index contributed by atoms with van der Waals surface area (Å²) < 4.78 is 6.32. The molecule has 5 nitrogen and oxygen atoms in total. The van der Waals surface area contributed by atoms with Crippen LogP contribution < -0.4 is 4.90 Å². The van der Waals surface area contributed by atoms with E-state index in [1.165, 1.54) is 0 Å². The highest BCUT2D eigenvalue weighted by atomic mass is 79.9. The lowest BCUT2D eigenvalue weighted by Gasteiger charge is -2.45. The predicted molar refractivity (Wildman–Crippen MR) is 84.4 cm³/mol. The molecule has 0 spiro atoms. The Morgan fingerprint density at radius 2 is 2.14 bits per heavy atom. The summed E-state index contributed by atoms with van der Waals surface area (Å²) >= 11 is 3.49. The van der Waals surface area contributed by atoms with Crippen molar-refractivity contribution in [2.75, 3.05) is 24.5 Å². The van der Waals surface area contributed by atoms with Gasteiger partial charge in [-0.25, -0.2) is 9.78 Å². The van der Waals surface area contributed by atoms with Gasteiger partial charge in [-0.15, -0.1) is 0 Å². The number of ether oxygens (including phenoxy) is 1. The van der Waals surface area contributed by atoms with Crippen molar-refractivity contribution in [1.29, 1.82) is 0 Å². The van der Waals surface area contributed by atoms with Crippen LogP contribution in [0.4, 0.5) is 10.5 Å². The van der Waals surface area contributed by atoms with Gasteiger partial charge in [0.25, 0.3) is 0 Å². The monoisotopic (exact) mass is 353 g/mol. The molecule has 2 aliphatic heterocycles. The standard InChI is InChI=1S/C15H20BrN3O2/c1-15(2,3)21-14(20)18-7-10-8-19(12(10)9-18)11-5-4-6-17-13(11)16/h4-6,10,12H,7-9H2,1-3H3/t10-,12-/m1/s1. The predicted octanol–water partition coefficient (Wildman–Crippen LogP) is 2.90. The molecule has 2 atom stereocenters. The van der Waals surface area contributed by atoms with Gasteiger partial charge in [0.15, 0.2) is 0 Å². The highest BCUT2D eigenvalue weighted by Gasteiger charge is 2.48. The van der Waals surface area contributed by atoms with Gasteiger partial charge in [-0.2, -0.15) is 0 Å². The molecule has 0 saturated carbocycles. The number of nitrogens with zero attached hydrogens (tertiary/aromatic N) is 3. The summed E-state index contributed by atoms with van der Waals surface area (Å²) in [6, 6.07) is 4.37. The second kappa shape index (κ2) is 5.16. The smallest absolute Gasteiger partial charge is 0.410 e. The summed E-state index contributed by atoms with van der Waals surface area (Å²) in [6.07, 6.45) is 1.56. The molecule has 2 fully saturated rings. The van der Waals surface area contributed by atoms with E-state index in [1.54, 1.807) is 6.20 Å². The van der Waals surface area contributed by atoms with Crippen LogP contribution in [0.1, 0.15) is 20.8 Å². The van der Waals surface area contributed by atoms with Crippen LogP contribution in [0.15, 0.2) is 22.9 Å². The van der Waals surface area contributed by atoms with Gasteiger partial charge < -0.3 is 14.5 Å². The van der Waals surface area contributed by atoms with Crippen LogP contribution in [0, 0.1) is 5.92 Å². The van der Waals surface area contributed by atoms with Gasteiger partial charge in [-0.1, -0.05) is 0 Å². The third kappa shape index (κ3) is 2.86. The zero-order valence-corrected chi connectivity index (χ0v) is 14.1. The second-order valence-corrected chi connectivity index (χ2v) is 7.43. The molecule has 0 unspecified atom stereocenters. The molecular weight excluding hydrogens is 334 g/mol. The van der Waals surface area contributed by atoms with Gasteiger partial charge in [0.2, 0.25) is 0 Å². The van der Waals surface area contributed by atoms with Crippen molar-refractivity contribution in [2.45, 2.75) is 32.4 Å². The summed E-state index contributed by atoms with van der Waals surface area (Å²) in [7, 11) is 0. The van der Waals surface area contributed by atoms with E-state index in [0.717, 1.165) is 29.9 Å². The van der Waals surface area contributed by atoms with Crippen molar-refractivity contribution < 1.29 is 9.53 Å². The minimum Gasteiger partial charge on any atom is -0.444 e. The summed E-state index contributed by atoms with van der Waals surface area (Å²) in [5.74, 6) is 0.532. The third-order valence-electron chi connectivity index (χ3n) is 3.94. The number of carbonyl (C=O) groups excluding carboxylic acids is 1. The molecule has 3 rings (SSSR count). The van der Waals surface area contributed by atoms with Crippen molar-refractivity contribution in [3.05, 3.63) is 22.9 Å². The van der Waals surface area contributed by atoms with Crippen LogP contribution in [0.2, 0.25) is 0 Å². The highest BCUT2D eigenvalue weighted by Crippen LogP contribution is 2.39. The van der Waals surface area contributed by atoms with Gasteiger partial charge in [-0.05, 0) is 48.8 Å². The number of carbonyl (C=O) groups is 1. The quantitative estimate of drug-likeness (QED) is 0.728. The Labute approximate surface area is 133 Å². The summed E-state index contributed by atoms with van der Waals surface area (Å²) in [4.78, 5) is 20.6. The van der Waals surface area contributed by atoms with Crippen molar-refractivity contribution >= 4 is 27.7 Å². The van der Waals surface area contributed by atoms with E-state index in [2.05, 4.69) is 31.9 Å². The molecule has 2 saturated heterocycles. The van der Waals surface area contributed by atoms with Crippen LogP contribution >= 0.6 is 15.9 Å². The first-order valence-corrected chi connectivity index (χ1v) is 7.99. The molecule has 2 aliphatic rings. The fourth-order valence-corrected chi connectivity index (χ4v) is 3.46. The van der Waals surface area contributed by atoms with Crippen LogP contribution in [-0.2, 0) is 4.74 Å². The first-order valence-electron chi connectivity index (χ1n) is 7.20. The molecule has 0 aliphatic carbocycles. The fourth-order valence-electron chi connectivity index (χ4n) is 2.98. The third-order valence-corrected chi connectivity index (χ3v) is 4.55. The van der Waals surface area contributed by atoms with Gasteiger partial charge in [0, 0.05) is 31.7 Å². The second-order valence-electron chi connectivity index (χ2n) is 6.68. The number of amides is 1.